The predicted octanol–water partition coefficient (Wildman–Crippen LogP) is 13.2. The van der Waals surface area contributed by atoms with Gasteiger partial charge in [-0.2, -0.15) is 0 Å². The van der Waals surface area contributed by atoms with Crippen LogP contribution in [0, 0.1) is 0 Å². The van der Waals surface area contributed by atoms with Crippen LogP contribution < -0.4 is 0 Å². The molecular formula is C42H82O6Si4. The lowest BCUT2D eigenvalue weighted by Crippen LogP contribution is -2.55. The monoisotopic (exact) mass is 795 g/mol. The van der Waals surface area contributed by atoms with Crippen molar-refractivity contribution in [2.45, 2.75) is 200 Å². The van der Waals surface area contributed by atoms with Crippen molar-refractivity contribution in [3.63, 3.8) is 0 Å². The van der Waals surface area contributed by atoms with Crippen LogP contribution >= 0.6 is 0 Å². The van der Waals surface area contributed by atoms with Gasteiger partial charge < -0.3 is 22.8 Å². The summed E-state index contributed by atoms with van der Waals surface area (Å²) in [7, 11) is -8.66. The van der Waals surface area contributed by atoms with Gasteiger partial charge in [-0.15, -0.1) is 6.58 Å². The highest BCUT2D eigenvalue weighted by atomic mass is 28.4. The molecule has 1 N–H and O–H groups in total. The Morgan fingerprint density at radius 2 is 0.942 bits per heavy atom. The van der Waals surface area contributed by atoms with Gasteiger partial charge in [0, 0.05) is 6.08 Å². The molecule has 302 valence electrons. The summed E-state index contributed by atoms with van der Waals surface area (Å²) in [5.41, 5.74) is 2.52. The van der Waals surface area contributed by atoms with E-state index in [-0.39, 0.29) is 12.2 Å². The fourth-order valence-electron chi connectivity index (χ4n) is 7.53. The van der Waals surface area contributed by atoms with Crippen molar-refractivity contribution in [1.82, 2.24) is 0 Å². The molecule has 0 aromatic carbocycles. The summed E-state index contributed by atoms with van der Waals surface area (Å²) in [4.78, 5) is 11.3. The van der Waals surface area contributed by atoms with Crippen LogP contribution in [-0.4, -0.2) is 68.8 Å². The van der Waals surface area contributed by atoms with Crippen molar-refractivity contribution in [1.29, 1.82) is 0 Å². The molecule has 0 aliphatic heterocycles. The van der Waals surface area contributed by atoms with Crippen molar-refractivity contribution in [3.8, 4) is 0 Å². The van der Waals surface area contributed by atoms with Crippen LogP contribution in [0.2, 0.25) is 72.5 Å². The number of allylic oxidation sites excluding steroid dienone is 3. The average Bonchev–Trinajstić information content (AvgIpc) is 3.16. The Labute approximate surface area is 326 Å². The first-order valence-electron chi connectivity index (χ1n) is 20.8. The molecule has 0 radical (unpaired) electrons. The molecule has 0 saturated carbocycles. The molecule has 0 bridgehead atoms. The third kappa shape index (κ3) is 14.5. The van der Waals surface area contributed by atoms with E-state index in [4.69, 9.17) is 30.9 Å². The molecule has 0 amide bonds. The van der Waals surface area contributed by atoms with Gasteiger partial charge in [0.05, 0.1) is 24.4 Å². The molecule has 0 rings (SSSR count). The van der Waals surface area contributed by atoms with E-state index in [1.165, 1.54) is 6.08 Å². The second kappa shape index (κ2) is 25.1. The Morgan fingerprint density at radius 1 is 0.596 bits per heavy atom. The number of carboxylic acids is 1. The minimum Gasteiger partial charge on any atom is -0.478 e. The van der Waals surface area contributed by atoms with Gasteiger partial charge in [-0.3, -0.25) is 0 Å². The van der Waals surface area contributed by atoms with E-state index >= 15 is 0 Å². The summed E-state index contributed by atoms with van der Waals surface area (Å²) in [5.74, 6) is -0.953. The number of aliphatic carboxylic acids is 1. The molecule has 6 nitrogen and oxygen atoms in total. The van der Waals surface area contributed by atoms with E-state index in [9.17, 15) is 9.90 Å². The smallest absolute Gasteiger partial charge is 0.328 e. The van der Waals surface area contributed by atoms with E-state index < -0.39 is 51.4 Å². The zero-order chi connectivity index (χ0) is 40.2. The first-order chi connectivity index (χ1) is 24.6. The second-order valence-corrected chi connectivity index (χ2v) is 33.7. The molecule has 0 heterocycles. The minimum absolute atomic E-state index is 0.219. The Balaban J connectivity index is 8.01. The van der Waals surface area contributed by atoms with Crippen molar-refractivity contribution in [3.05, 3.63) is 60.8 Å². The molecular weight excluding hydrogens is 713 g/mol. The molecule has 52 heavy (non-hydrogen) atoms. The van der Waals surface area contributed by atoms with Crippen molar-refractivity contribution in [2.24, 2.45) is 0 Å². The Morgan fingerprint density at radius 3 is 1.29 bits per heavy atom. The van der Waals surface area contributed by atoms with Gasteiger partial charge in [0.2, 0.25) is 0 Å². The van der Waals surface area contributed by atoms with Crippen LogP contribution in [0.3, 0.4) is 0 Å². The van der Waals surface area contributed by atoms with Gasteiger partial charge in [-0.05, 0) is 109 Å². The van der Waals surface area contributed by atoms with Crippen LogP contribution in [0.4, 0.5) is 0 Å². The zero-order valence-electron chi connectivity index (χ0n) is 36.1. The quantitative estimate of drug-likeness (QED) is 0.0326. The highest BCUT2D eigenvalue weighted by molar-refractivity contribution is 6.75. The summed E-state index contributed by atoms with van der Waals surface area (Å²) < 4.78 is 30.2. The second-order valence-electron chi connectivity index (χ2n) is 14.8. The highest BCUT2D eigenvalue weighted by Gasteiger charge is 2.47. The van der Waals surface area contributed by atoms with Crippen LogP contribution in [0.5, 0.6) is 0 Å². The molecule has 0 aliphatic rings. The highest BCUT2D eigenvalue weighted by Crippen LogP contribution is 2.39. The largest absolute Gasteiger partial charge is 0.478 e. The summed E-state index contributed by atoms with van der Waals surface area (Å²) in [6.07, 6.45) is 6.83. The summed E-state index contributed by atoms with van der Waals surface area (Å²) in [6, 6.07) is 12.2. The van der Waals surface area contributed by atoms with Crippen molar-refractivity contribution >= 4 is 39.2 Å². The maximum Gasteiger partial charge on any atom is 0.328 e. The van der Waals surface area contributed by atoms with E-state index in [0.717, 1.165) is 83.7 Å². The molecule has 0 aromatic rings. The fraction of sp³-hybridized carbons (Fsp3) is 0.738. The standard InChI is InChI=1S/C42H82O6Si4/c1-17-31-38(45-49(18-2,19-3)20-4)41(47-51(24-8,25-9)26-10)37(16)42(48-52(27-11,28-12)29-13)40(46-50(21-5,22-6)23-7)36(15)33-30-32-35(14)34-39(43)44/h17,30,32,34,38,40-42H,1,15-16,18-29,31,33H2,2-14H3,(H,43,44)/b32-30+,35-34+/t38-,40-,41-,42-/m1/s1. The maximum absolute atomic E-state index is 11.3. The summed E-state index contributed by atoms with van der Waals surface area (Å²) in [5, 5.41) is 9.30. The van der Waals surface area contributed by atoms with Crippen LogP contribution in [0.25, 0.3) is 0 Å². The molecule has 0 aromatic heterocycles. The van der Waals surface area contributed by atoms with E-state index in [2.05, 4.69) is 89.7 Å². The molecule has 0 spiro atoms. The third-order valence-corrected chi connectivity index (χ3v) is 31.0. The maximum atomic E-state index is 11.3. The number of carboxylic acid groups (broad SMARTS) is 1. The molecule has 0 saturated heterocycles. The SMILES string of the molecule is C=CC[C@@H](O[Si](CC)(CC)CC)[C@H](O[Si](CC)(CC)CC)C(=C)[C@@H](O[Si](CC)(CC)CC)[C@H](O[Si](CC)(CC)CC)C(=C)C/C=C/C(C)=C/C(=O)O. The number of carbonyl (C=O) groups is 1. The first-order valence-corrected chi connectivity index (χ1v) is 31.0. The molecule has 0 aliphatic carbocycles. The van der Waals surface area contributed by atoms with Gasteiger partial charge >= 0.3 is 5.97 Å². The lowest BCUT2D eigenvalue weighted by atomic mass is 9.92. The van der Waals surface area contributed by atoms with Crippen LogP contribution in [0.15, 0.2) is 60.8 Å². The van der Waals surface area contributed by atoms with Crippen LogP contribution in [0.1, 0.15) is 103 Å². The topological polar surface area (TPSA) is 74.2 Å². The Hall–Kier alpha value is -1.12. The number of hydrogen-bond acceptors (Lipinski definition) is 5. The molecule has 0 fully saturated rings. The predicted molar refractivity (Wildman–Crippen MR) is 237 cm³/mol. The summed E-state index contributed by atoms with van der Waals surface area (Å²) in [6.45, 7) is 43.0. The van der Waals surface area contributed by atoms with Crippen molar-refractivity contribution < 1.29 is 27.6 Å². The van der Waals surface area contributed by atoms with Gasteiger partial charge in [0.15, 0.2) is 33.3 Å². The van der Waals surface area contributed by atoms with Crippen molar-refractivity contribution in [2.75, 3.05) is 0 Å². The number of rotatable bonds is 31. The van der Waals surface area contributed by atoms with Crippen LogP contribution in [-0.2, 0) is 22.5 Å². The average molecular weight is 795 g/mol. The Bertz CT molecular complexity index is 1100. The van der Waals surface area contributed by atoms with Gasteiger partial charge in [-0.1, -0.05) is 114 Å². The minimum atomic E-state index is -2.23. The van der Waals surface area contributed by atoms with Gasteiger partial charge in [0.1, 0.15) is 0 Å². The first kappa shape index (κ1) is 50.9. The van der Waals surface area contributed by atoms with E-state index in [1.54, 1.807) is 6.92 Å². The number of hydrogen-bond donors (Lipinski definition) is 1. The fourth-order valence-corrected chi connectivity index (χ4v) is 18.9. The molecule has 0 unspecified atom stereocenters. The van der Waals surface area contributed by atoms with Gasteiger partial charge in [0.25, 0.3) is 0 Å². The van der Waals surface area contributed by atoms with E-state index in [1.807, 2.05) is 18.2 Å². The molecule has 4 atom stereocenters. The third-order valence-electron chi connectivity index (χ3n) is 12.5. The molecule has 10 heteroatoms. The lowest BCUT2D eigenvalue weighted by Gasteiger charge is -2.47. The van der Waals surface area contributed by atoms with E-state index in [0.29, 0.717) is 18.4 Å². The summed E-state index contributed by atoms with van der Waals surface area (Å²) >= 11 is 0. The Kier molecular flexibility index (Phi) is 24.6. The normalized spacial score (nSPS) is 15.8. The van der Waals surface area contributed by atoms with Gasteiger partial charge in [-0.25, -0.2) is 4.79 Å². The lowest BCUT2D eigenvalue weighted by molar-refractivity contribution is -0.131. The zero-order valence-corrected chi connectivity index (χ0v) is 40.1.